The second-order valence-corrected chi connectivity index (χ2v) is 12.5. The molecule has 0 radical (unpaired) electrons. The molecule has 0 spiro atoms. The van der Waals surface area contributed by atoms with Gasteiger partial charge < -0.3 is 19.5 Å². The lowest BCUT2D eigenvalue weighted by Crippen LogP contribution is -2.43. The van der Waals surface area contributed by atoms with E-state index in [1.165, 1.54) is 36.1 Å². The highest BCUT2D eigenvalue weighted by Gasteiger charge is 2.49. The Labute approximate surface area is 240 Å². The van der Waals surface area contributed by atoms with Crippen molar-refractivity contribution in [3.63, 3.8) is 0 Å². The van der Waals surface area contributed by atoms with Gasteiger partial charge in [0, 0.05) is 18.6 Å². The standard InChI is InChI=1S/C30H36F7NO4/c1-17(19-11-20(29(32,33)34)13-21(12-19)30(35,36)37)41-24-15-38(26(40)42-27(2,3)4)23(14-28(5,6)16-39)25(24)18-7-9-22(31)10-8-18/h7-13,17,23-25,39H,14-16H2,1-6H3/t17-,23+,24+,25+/m1/s1. The summed E-state index contributed by atoms with van der Waals surface area (Å²) in [5, 5.41) is 10.0. The third-order valence-corrected chi connectivity index (χ3v) is 7.12. The van der Waals surface area contributed by atoms with Gasteiger partial charge in [-0.25, -0.2) is 9.18 Å². The van der Waals surface area contributed by atoms with Crippen molar-refractivity contribution in [2.24, 2.45) is 5.41 Å². The Bertz CT molecular complexity index is 1200. The van der Waals surface area contributed by atoms with Gasteiger partial charge in [0.05, 0.1) is 29.9 Å². The van der Waals surface area contributed by atoms with E-state index in [-0.39, 0.29) is 31.2 Å². The van der Waals surface area contributed by atoms with Crippen LogP contribution in [0.1, 0.15) is 82.2 Å². The predicted molar refractivity (Wildman–Crippen MR) is 141 cm³/mol. The van der Waals surface area contributed by atoms with Gasteiger partial charge in [0.15, 0.2) is 0 Å². The van der Waals surface area contributed by atoms with Crippen molar-refractivity contribution in [1.29, 1.82) is 0 Å². The van der Waals surface area contributed by atoms with E-state index in [9.17, 15) is 40.6 Å². The molecule has 3 rings (SSSR count). The number of rotatable bonds is 7. The highest BCUT2D eigenvalue weighted by molar-refractivity contribution is 5.69. The molecule has 4 atom stereocenters. The molecule has 0 aliphatic carbocycles. The van der Waals surface area contributed by atoms with Crippen molar-refractivity contribution in [3.05, 3.63) is 70.5 Å². The molecule has 0 aromatic heterocycles. The summed E-state index contributed by atoms with van der Waals surface area (Å²) in [4.78, 5) is 14.8. The quantitative estimate of drug-likeness (QED) is 0.323. The van der Waals surface area contributed by atoms with E-state index in [0.717, 1.165) is 0 Å². The first kappa shape index (κ1) is 33.6. The Morgan fingerprint density at radius 3 is 1.93 bits per heavy atom. The number of ether oxygens (including phenoxy) is 2. The summed E-state index contributed by atoms with van der Waals surface area (Å²) in [5.74, 6) is -1.21. The van der Waals surface area contributed by atoms with Gasteiger partial charge >= 0.3 is 18.4 Å². The average molecular weight is 608 g/mol. The number of carbonyl (C=O) groups excluding carboxylic acids is 1. The topological polar surface area (TPSA) is 59.0 Å². The molecule has 1 N–H and O–H groups in total. The van der Waals surface area contributed by atoms with Crippen LogP contribution in [0.3, 0.4) is 0 Å². The summed E-state index contributed by atoms with van der Waals surface area (Å²) in [6, 6.07) is 6.00. The van der Waals surface area contributed by atoms with Crippen molar-refractivity contribution in [2.45, 2.75) is 90.1 Å². The zero-order valence-electron chi connectivity index (χ0n) is 24.2. The van der Waals surface area contributed by atoms with Gasteiger partial charge in [0.2, 0.25) is 0 Å². The van der Waals surface area contributed by atoms with Crippen LogP contribution < -0.4 is 0 Å². The zero-order valence-corrected chi connectivity index (χ0v) is 24.2. The molecule has 42 heavy (non-hydrogen) atoms. The van der Waals surface area contributed by atoms with E-state index in [1.54, 1.807) is 34.6 Å². The Hall–Kier alpha value is -2.86. The first-order valence-corrected chi connectivity index (χ1v) is 13.4. The molecular weight excluding hydrogens is 571 g/mol. The predicted octanol–water partition coefficient (Wildman–Crippen LogP) is 8.12. The third kappa shape index (κ3) is 8.37. The van der Waals surface area contributed by atoms with Crippen molar-refractivity contribution in [3.8, 4) is 0 Å². The van der Waals surface area contributed by atoms with E-state index >= 15 is 0 Å². The molecule has 1 saturated heterocycles. The fourth-order valence-corrected chi connectivity index (χ4v) is 5.09. The smallest absolute Gasteiger partial charge is 0.416 e. The minimum atomic E-state index is -5.03. The van der Waals surface area contributed by atoms with Crippen LogP contribution in [0.2, 0.25) is 0 Å². The van der Waals surface area contributed by atoms with Gasteiger partial charge in [-0.1, -0.05) is 26.0 Å². The van der Waals surface area contributed by atoms with Crippen LogP contribution in [0.15, 0.2) is 42.5 Å². The molecule has 234 valence electrons. The van der Waals surface area contributed by atoms with Crippen LogP contribution in [0.4, 0.5) is 35.5 Å². The van der Waals surface area contributed by atoms with Crippen LogP contribution in [0.25, 0.3) is 0 Å². The van der Waals surface area contributed by atoms with Crippen LogP contribution >= 0.6 is 0 Å². The van der Waals surface area contributed by atoms with Crippen molar-refractivity contribution in [2.75, 3.05) is 13.2 Å². The number of benzene rings is 2. The summed E-state index contributed by atoms with van der Waals surface area (Å²) in [5.41, 5.74) is -4.33. The molecule has 1 aliphatic heterocycles. The first-order valence-electron chi connectivity index (χ1n) is 13.4. The molecule has 2 aromatic rings. The molecule has 0 unspecified atom stereocenters. The molecule has 2 aromatic carbocycles. The Kier molecular flexibility index (Phi) is 9.63. The Morgan fingerprint density at radius 2 is 1.48 bits per heavy atom. The molecule has 1 amide bonds. The van der Waals surface area contributed by atoms with Gasteiger partial charge in [-0.15, -0.1) is 0 Å². The lowest BCUT2D eigenvalue weighted by atomic mass is 9.79. The van der Waals surface area contributed by atoms with Crippen molar-refractivity contribution >= 4 is 6.09 Å². The van der Waals surface area contributed by atoms with Crippen LogP contribution in [-0.4, -0.2) is 47.0 Å². The number of hydrogen-bond acceptors (Lipinski definition) is 4. The number of amides is 1. The molecule has 12 heteroatoms. The fraction of sp³-hybridized carbons (Fsp3) is 0.567. The minimum Gasteiger partial charge on any atom is -0.444 e. The Morgan fingerprint density at radius 1 is 0.952 bits per heavy atom. The van der Waals surface area contributed by atoms with Gasteiger partial charge in [-0.2, -0.15) is 26.3 Å². The maximum absolute atomic E-state index is 13.9. The molecule has 0 bridgehead atoms. The highest BCUT2D eigenvalue weighted by atomic mass is 19.4. The maximum Gasteiger partial charge on any atom is 0.416 e. The second kappa shape index (κ2) is 12.0. The normalized spacial score (nSPS) is 21.0. The van der Waals surface area contributed by atoms with Gasteiger partial charge in [-0.3, -0.25) is 0 Å². The molecular formula is C30H36F7NO4. The Balaban J connectivity index is 2.09. The number of likely N-dealkylation sites (tertiary alicyclic amines) is 1. The van der Waals surface area contributed by atoms with Gasteiger partial charge in [0.25, 0.3) is 0 Å². The van der Waals surface area contributed by atoms with Gasteiger partial charge in [-0.05, 0) is 81.0 Å². The summed E-state index contributed by atoms with van der Waals surface area (Å²) in [6.07, 6.45) is -12.7. The van der Waals surface area contributed by atoms with E-state index in [2.05, 4.69) is 0 Å². The second-order valence-electron chi connectivity index (χ2n) is 12.5. The summed E-state index contributed by atoms with van der Waals surface area (Å²) < 4.78 is 107. The fourth-order valence-electron chi connectivity index (χ4n) is 5.09. The number of aliphatic hydroxyl groups excluding tert-OH is 1. The number of aliphatic hydroxyl groups is 1. The number of alkyl halides is 6. The van der Waals surface area contributed by atoms with Crippen LogP contribution in [0, 0.1) is 11.2 Å². The molecule has 5 nitrogen and oxygen atoms in total. The lowest BCUT2D eigenvalue weighted by Gasteiger charge is -2.35. The number of hydrogen-bond donors (Lipinski definition) is 1. The number of halogens is 7. The summed E-state index contributed by atoms with van der Waals surface area (Å²) in [6.45, 7) is 9.56. The van der Waals surface area contributed by atoms with Gasteiger partial charge in [0.1, 0.15) is 11.4 Å². The molecule has 1 heterocycles. The lowest BCUT2D eigenvalue weighted by molar-refractivity contribution is -0.143. The monoisotopic (exact) mass is 607 g/mol. The SMILES string of the molecule is C[C@@H](O[C@H]1CN(C(=O)OC(C)(C)C)[C@@H](CC(C)(C)CO)[C@@H]1c1ccc(F)cc1)c1cc(C(F)(F)F)cc(C(F)(F)F)c1. The molecule has 0 saturated carbocycles. The minimum absolute atomic E-state index is 0.0460. The number of carbonyl (C=O) groups is 1. The molecule has 1 fully saturated rings. The molecule has 1 aliphatic rings. The highest BCUT2D eigenvalue weighted by Crippen LogP contribution is 2.44. The summed E-state index contributed by atoms with van der Waals surface area (Å²) in [7, 11) is 0. The maximum atomic E-state index is 13.9. The van der Waals surface area contributed by atoms with Crippen molar-refractivity contribution < 1.29 is 50.1 Å². The number of nitrogens with zero attached hydrogens (tertiary/aromatic N) is 1. The zero-order chi connectivity index (χ0) is 31.8. The van der Waals surface area contributed by atoms with E-state index in [0.29, 0.717) is 17.7 Å². The average Bonchev–Trinajstić information content (AvgIpc) is 3.19. The first-order chi connectivity index (χ1) is 19.1. The van der Waals surface area contributed by atoms with E-state index in [4.69, 9.17) is 9.47 Å². The summed E-state index contributed by atoms with van der Waals surface area (Å²) >= 11 is 0. The largest absolute Gasteiger partial charge is 0.444 e. The third-order valence-electron chi connectivity index (χ3n) is 7.12. The van der Waals surface area contributed by atoms with E-state index < -0.39 is 70.6 Å². The van der Waals surface area contributed by atoms with E-state index in [1.807, 2.05) is 0 Å². The van der Waals surface area contributed by atoms with Crippen LogP contribution in [-0.2, 0) is 21.8 Å². The van der Waals surface area contributed by atoms with Crippen LogP contribution in [0.5, 0.6) is 0 Å². The van der Waals surface area contributed by atoms with Crippen molar-refractivity contribution in [1.82, 2.24) is 4.90 Å².